The molecule has 19 heavy (non-hydrogen) atoms. The van der Waals surface area contributed by atoms with Gasteiger partial charge in [0.2, 0.25) is 0 Å². The standard InChI is InChI=1S/C13H15FN4O/c14-11-8-10(13(15)16)2-3-12(11)19-7-1-5-18-6-4-17-9-18/h2-4,6,8-9H,1,5,7H2,(H3,15,16). The maximum atomic E-state index is 13.6. The van der Waals surface area contributed by atoms with E-state index in [0.717, 1.165) is 13.0 Å². The van der Waals surface area contributed by atoms with Crippen LogP contribution in [0.4, 0.5) is 4.39 Å². The predicted molar refractivity (Wildman–Crippen MR) is 69.8 cm³/mol. The number of imidazole rings is 1. The van der Waals surface area contributed by atoms with Crippen LogP contribution in [0.15, 0.2) is 36.9 Å². The van der Waals surface area contributed by atoms with Crippen LogP contribution in [0.5, 0.6) is 5.75 Å². The van der Waals surface area contributed by atoms with Crippen molar-refractivity contribution in [3.8, 4) is 5.75 Å². The molecule has 0 aliphatic rings. The van der Waals surface area contributed by atoms with Crippen LogP contribution in [0.25, 0.3) is 0 Å². The molecule has 0 bridgehead atoms. The summed E-state index contributed by atoms with van der Waals surface area (Å²) in [6.45, 7) is 1.18. The number of halogens is 1. The van der Waals surface area contributed by atoms with Crippen molar-refractivity contribution >= 4 is 5.84 Å². The number of aryl methyl sites for hydroxylation is 1. The molecular formula is C13H15FN4O. The SMILES string of the molecule is N=C(N)c1ccc(OCCCn2ccnc2)c(F)c1. The molecule has 1 aromatic carbocycles. The van der Waals surface area contributed by atoms with E-state index < -0.39 is 5.82 Å². The van der Waals surface area contributed by atoms with Gasteiger partial charge in [-0.15, -0.1) is 0 Å². The minimum atomic E-state index is -0.504. The smallest absolute Gasteiger partial charge is 0.165 e. The van der Waals surface area contributed by atoms with E-state index in [1.54, 1.807) is 18.6 Å². The number of nitrogens with zero attached hydrogens (tertiary/aromatic N) is 2. The van der Waals surface area contributed by atoms with Gasteiger partial charge in [-0.25, -0.2) is 9.37 Å². The van der Waals surface area contributed by atoms with Crippen LogP contribution < -0.4 is 10.5 Å². The largest absolute Gasteiger partial charge is 0.490 e. The second-order valence-corrected chi connectivity index (χ2v) is 4.06. The Labute approximate surface area is 110 Å². The Kier molecular flexibility index (Phi) is 4.12. The van der Waals surface area contributed by atoms with Gasteiger partial charge in [0.15, 0.2) is 11.6 Å². The topological polar surface area (TPSA) is 76.9 Å². The van der Waals surface area contributed by atoms with E-state index in [-0.39, 0.29) is 11.6 Å². The molecule has 0 spiro atoms. The van der Waals surface area contributed by atoms with Gasteiger partial charge in [-0.05, 0) is 24.6 Å². The Balaban J connectivity index is 1.84. The third-order valence-corrected chi connectivity index (χ3v) is 2.62. The first-order chi connectivity index (χ1) is 9.16. The van der Waals surface area contributed by atoms with Crippen molar-refractivity contribution < 1.29 is 9.13 Å². The quantitative estimate of drug-likeness (QED) is 0.473. The molecule has 0 unspecified atom stereocenters. The summed E-state index contributed by atoms with van der Waals surface area (Å²) in [7, 11) is 0. The van der Waals surface area contributed by atoms with Gasteiger partial charge in [0, 0.05) is 24.5 Å². The molecule has 0 fully saturated rings. The molecule has 3 N–H and O–H groups in total. The van der Waals surface area contributed by atoms with Crippen LogP contribution in [0, 0.1) is 11.2 Å². The van der Waals surface area contributed by atoms with E-state index in [1.807, 2.05) is 10.8 Å². The number of ether oxygens (including phenoxy) is 1. The van der Waals surface area contributed by atoms with Gasteiger partial charge >= 0.3 is 0 Å². The molecule has 0 radical (unpaired) electrons. The van der Waals surface area contributed by atoms with Crippen molar-refractivity contribution in [2.75, 3.05) is 6.61 Å². The van der Waals surface area contributed by atoms with Gasteiger partial charge in [0.1, 0.15) is 5.84 Å². The zero-order valence-electron chi connectivity index (χ0n) is 10.3. The fourth-order valence-corrected chi connectivity index (χ4v) is 1.63. The molecule has 0 atom stereocenters. The first-order valence-corrected chi connectivity index (χ1v) is 5.89. The van der Waals surface area contributed by atoms with E-state index in [9.17, 15) is 4.39 Å². The molecule has 0 saturated heterocycles. The van der Waals surface area contributed by atoms with Crippen molar-refractivity contribution in [2.24, 2.45) is 5.73 Å². The highest BCUT2D eigenvalue weighted by molar-refractivity contribution is 5.95. The van der Waals surface area contributed by atoms with Crippen molar-refractivity contribution in [3.63, 3.8) is 0 Å². The Morgan fingerprint density at radius 2 is 2.32 bits per heavy atom. The zero-order valence-corrected chi connectivity index (χ0v) is 10.3. The number of nitrogens with one attached hydrogen (secondary N) is 1. The van der Waals surface area contributed by atoms with Crippen molar-refractivity contribution in [1.29, 1.82) is 5.41 Å². The number of amidine groups is 1. The van der Waals surface area contributed by atoms with Gasteiger partial charge in [-0.1, -0.05) is 0 Å². The molecule has 2 rings (SSSR count). The van der Waals surface area contributed by atoms with E-state index in [4.69, 9.17) is 15.9 Å². The number of rotatable bonds is 6. The maximum absolute atomic E-state index is 13.6. The first kappa shape index (κ1) is 13.1. The van der Waals surface area contributed by atoms with Gasteiger partial charge in [-0.3, -0.25) is 5.41 Å². The summed E-state index contributed by atoms with van der Waals surface area (Å²) in [6.07, 6.45) is 6.05. The minimum Gasteiger partial charge on any atom is -0.490 e. The average molecular weight is 262 g/mol. The van der Waals surface area contributed by atoms with Crippen molar-refractivity contribution in [2.45, 2.75) is 13.0 Å². The lowest BCUT2D eigenvalue weighted by Gasteiger charge is -2.08. The second-order valence-electron chi connectivity index (χ2n) is 4.06. The number of nitrogens with two attached hydrogens (primary N) is 1. The second kappa shape index (κ2) is 5.99. The number of nitrogen functional groups attached to an aromatic ring is 1. The van der Waals surface area contributed by atoms with Crippen LogP contribution in [0.2, 0.25) is 0 Å². The van der Waals surface area contributed by atoms with E-state index in [1.165, 1.54) is 12.1 Å². The Bertz CT molecular complexity index is 554. The fourth-order valence-electron chi connectivity index (χ4n) is 1.63. The summed E-state index contributed by atoms with van der Waals surface area (Å²) in [5.41, 5.74) is 5.63. The van der Waals surface area contributed by atoms with Gasteiger partial charge in [-0.2, -0.15) is 0 Å². The van der Waals surface area contributed by atoms with Gasteiger partial charge in [0.05, 0.1) is 12.9 Å². The summed E-state index contributed by atoms with van der Waals surface area (Å²) < 4.78 is 20.9. The molecule has 5 nitrogen and oxygen atoms in total. The average Bonchev–Trinajstić information content (AvgIpc) is 2.89. The lowest BCUT2D eigenvalue weighted by atomic mass is 10.2. The van der Waals surface area contributed by atoms with E-state index >= 15 is 0 Å². The van der Waals surface area contributed by atoms with Crippen LogP contribution in [0.1, 0.15) is 12.0 Å². The molecule has 0 aliphatic carbocycles. The van der Waals surface area contributed by atoms with Crippen LogP contribution >= 0.6 is 0 Å². The lowest BCUT2D eigenvalue weighted by molar-refractivity contribution is 0.287. The first-order valence-electron chi connectivity index (χ1n) is 5.89. The third kappa shape index (κ3) is 3.54. The Morgan fingerprint density at radius 3 is 2.95 bits per heavy atom. The minimum absolute atomic E-state index is 0.162. The fraction of sp³-hybridized carbons (Fsp3) is 0.231. The zero-order chi connectivity index (χ0) is 13.7. The number of benzene rings is 1. The summed E-state index contributed by atoms with van der Waals surface area (Å²) in [6, 6.07) is 4.26. The normalized spacial score (nSPS) is 10.4. The monoisotopic (exact) mass is 262 g/mol. The Morgan fingerprint density at radius 1 is 1.47 bits per heavy atom. The van der Waals surface area contributed by atoms with Gasteiger partial charge < -0.3 is 15.0 Å². The lowest BCUT2D eigenvalue weighted by Crippen LogP contribution is -2.11. The van der Waals surface area contributed by atoms with Crippen LogP contribution in [-0.2, 0) is 6.54 Å². The van der Waals surface area contributed by atoms with Crippen molar-refractivity contribution in [3.05, 3.63) is 48.3 Å². The summed E-state index contributed by atoms with van der Waals surface area (Å²) >= 11 is 0. The molecule has 100 valence electrons. The number of hydrogen-bond donors (Lipinski definition) is 2. The van der Waals surface area contributed by atoms with E-state index in [2.05, 4.69) is 4.98 Å². The molecule has 2 aromatic rings. The number of hydrogen-bond acceptors (Lipinski definition) is 3. The number of aromatic nitrogens is 2. The summed E-state index contributed by atoms with van der Waals surface area (Å²) in [5, 5.41) is 7.21. The molecule has 1 heterocycles. The van der Waals surface area contributed by atoms with Gasteiger partial charge in [0.25, 0.3) is 0 Å². The highest BCUT2D eigenvalue weighted by Gasteiger charge is 2.06. The predicted octanol–water partition coefficient (Wildman–Crippen LogP) is 1.78. The molecule has 0 saturated carbocycles. The molecule has 0 amide bonds. The molecule has 6 heteroatoms. The van der Waals surface area contributed by atoms with E-state index in [0.29, 0.717) is 12.2 Å². The highest BCUT2D eigenvalue weighted by atomic mass is 19.1. The Hall–Kier alpha value is -2.37. The molecule has 1 aromatic heterocycles. The van der Waals surface area contributed by atoms with Crippen LogP contribution in [-0.4, -0.2) is 22.0 Å². The molecular weight excluding hydrogens is 247 g/mol. The van der Waals surface area contributed by atoms with Crippen molar-refractivity contribution in [1.82, 2.24) is 9.55 Å². The summed E-state index contributed by atoms with van der Waals surface area (Å²) in [5.74, 6) is -0.489. The summed E-state index contributed by atoms with van der Waals surface area (Å²) in [4.78, 5) is 3.93. The third-order valence-electron chi connectivity index (χ3n) is 2.62. The molecule has 0 aliphatic heterocycles. The highest BCUT2D eigenvalue weighted by Crippen LogP contribution is 2.18. The van der Waals surface area contributed by atoms with Crippen LogP contribution in [0.3, 0.4) is 0 Å². The maximum Gasteiger partial charge on any atom is 0.165 e.